The number of nitrogens with zero attached hydrogens (tertiary/aromatic N) is 1. The lowest BCUT2D eigenvalue weighted by Crippen LogP contribution is -2.37. The summed E-state index contributed by atoms with van der Waals surface area (Å²) >= 11 is 0. The maximum absolute atomic E-state index is 12.8. The van der Waals surface area contributed by atoms with Gasteiger partial charge < -0.3 is 38.1 Å². The van der Waals surface area contributed by atoms with E-state index < -0.39 is 50.6 Å². The summed E-state index contributed by atoms with van der Waals surface area (Å²) in [4.78, 5) is 50.2. The van der Waals surface area contributed by atoms with Crippen LogP contribution in [-0.4, -0.2) is 98.2 Å². The van der Waals surface area contributed by atoms with Crippen LogP contribution in [0.3, 0.4) is 0 Å². The number of aliphatic hydroxyl groups is 2. The molecule has 1 unspecified atom stereocenters. The van der Waals surface area contributed by atoms with Gasteiger partial charge in [-0.2, -0.15) is 0 Å². The van der Waals surface area contributed by atoms with Crippen LogP contribution in [0.25, 0.3) is 0 Å². The smallest absolute Gasteiger partial charge is 0.306 e. The van der Waals surface area contributed by atoms with Crippen molar-refractivity contribution in [3.63, 3.8) is 0 Å². The van der Waals surface area contributed by atoms with Gasteiger partial charge in [-0.3, -0.25) is 18.9 Å². The molecular weight excluding hydrogens is 725 g/mol. The molecule has 55 heavy (non-hydrogen) atoms. The highest BCUT2D eigenvalue weighted by molar-refractivity contribution is 7.45. The Hall–Kier alpha value is -1.66. The molecule has 1 fully saturated rings. The maximum Gasteiger partial charge on any atom is 0.306 e. The second-order valence-corrected chi connectivity index (χ2v) is 17.9. The van der Waals surface area contributed by atoms with Crippen molar-refractivity contribution in [1.29, 1.82) is 0 Å². The van der Waals surface area contributed by atoms with Crippen molar-refractivity contribution in [2.75, 3.05) is 47.5 Å². The fourth-order valence-electron chi connectivity index (χ4n) is 6.74. The number of ketones is 1. The first-order valence-corrected chi connectivity index (χ1v) is 23.0. The van der Waals surface area contributed by atoms with E-state index in [2.05, 4.69) is 13.8 Å². The molecule has 0 bridgehead atoms. The summed E-state index contributed by atoms with van der Waals surface area (Å²) in [5.74, 6) is -1.58. The topological polar surface area (TPSA) is 169 Å². The van der Waals surface area contributed by atoms with Gasteiger partial charge in [-0.25, -0.2) is 0 Å². The standard InChI is InChI=1S/C42H78NO11P/c1-6-8-10-11-12-13-14-15-16-17-22-26-41(47)51-33-36(34-53-55(49,50)52-31-30-43(3,4)5)54-42(48)27-23-19-18-21-25-37-38(40(46)32-39(37)45)29-28-35(44)24-20-9-7-2/h28-29,35-39,44-45H,6-27,30-34H2,1-5H3/b29-28+/t35-,36+,37+,38+,39-/m0/s1. The quantitative estimate of drug-likeness (QED) is 0.0211. The number of carbonyl (C=O) groups excluding carboxylic acids is 3. The molecule has 0 aromatic rings. The van der Waals surface area contributed by atoms with Crippen LogP contribution in [0.15, 0.2) is 12.2 Å². The normalized spacial score (nSPS) is 19.8. The van der Waals surface area contributed by atoms with Crippen molar-refractivity contribution in [1.82, 2.24) is 0 Å². The Labute approximate surface area is 333 Å². The van der Waals surface area contributed by atoms with Gasteiger partial charge in [0, 0.05) is 25.2 Å². The van der Waals surface area contributed by atoms with E-state index in [0.29, 0.717) is 43.1 Å². The molecule has 0 aromatic heterocycles. The maximum atomic E-state index is 12.8. The van der Waals surface area contributed by atoms with E-state index in [1.807, 2.05) is 21.1 Å². The van der Waals surface area contributed by atoms with Gasteiger partial charge in [0.15, 0.2) is 6.10 Å². The molecule has 2 N–H and O–H groups in total. The summed E-state index contributed by atoms with van der Waals surface area (Å²) in [7, 11) is 1.03. The minimum atomic E-state index is -4.68. The zero-order valence-corrected chi connectivity index (χ0v) is 36.0. The SMILES string of the molecule is CCCCCCCCCCCCCC(=O)OC[C@H](COP(=O)([O-])OCC[N+](C)(C)C)OC(=O)CCCCCC[C@H]1[C@@H](O)CC(=O)[C@@H]1/C=C/[C@@H](O)CCCCC. The van der Waals surface area contributed by atoms with Gasteiger partial charge in [-0.1, -0.05) is 129 Å². The summed E-state index contributed by atoms with van der Waals surface area (Å²) in [5.41, 5.74) is 0. The fourth-order valence-corrected chi connectivity index (χ4v) is 7.46. The Bertz CT molecular complexity index is 1110. The van der Waals surface area contributed by atoms with Gasteiger partial charge >= 0.3 is 11.9 Å². The summed E-state index contributed by atoms with van der Waals surface area (Å²) in [6.07, 6.45) is 21.4. The predicted octanol–water partition coefficient (Wildman–Crippen LogP) is 7.75. The van der Waals surface area contributed by atoms with Crippen LogP contribution in [0.2, 0.25) is 0 Å². The third-order valence-electron chi connectivity index (χ3n) is 10.2. The molecule has 0 aliphatic heterocycles. The lowest BCUT2D eigenvalue weighted by Gasteiger charge is -2.28. The number of Topliss-reactive ketones (excluding diaryl/α,β-unsaturated/α-hetero) is 1. The number of ether oxygens (including phenoxy) is 2. The number of phosphoric ester groups is 1. The summed E-state index contributed by atoms with van der Waals surface area (Å²) in [6.45, 7) is 3.84. The van der Waals surface area contributed by atoms with Gasteiger partial charge in [0.05, 0.1) is 40.0 Å². The molecule has 0 aromatic carbocycles. The molecular formula is C42H78NO11P. The van der Waals surface area contributed by atoms with Gasteiger partial charge in [0.1, 0.15) is 25.5 Å². The van der Waals surface area contributed by atoms with E-state index in [4.69, 9.17) is 18.5 Å². The van der Waals surface area contributed by atoms with E-state index in [0.717, 1.165) is 51.4 Å². The number of quaternary nitrogens is 1. The number of rotatable bonds is 35. The molecule has 0 heterocycles. The number of unbranched alkanes of at least 4 members (excludes halogenated alkanes) is 15. The second-order valence-electron chi connectivity index (χ2n) is 16.5. The van der Waals surface area contributed by atoms with Crippen LogP contribution < -0.4 is 4.89 Å². The van der Waals surface area contributed by atoms with Crippen LogP contribution in [0.4, 0.5) is 0 Å². The van der Waals surface area contributed by atoms with E-state index in [1.54, 1.807) is 12.2 Å². The van der Waals surface area contributed by atoms with Crippen LogP contribution >= 0.6 is 7.82 Å². The minimum absolute atomic E-state index is 0.000364. The van der Waals surface area contributed by atoms with Crippen molar-refractivity contribution < 1.29 is 57.1 Å². The average Bonchev–Trinajstić information content (AvgIpc) is 3.39. The van der Waals surface area contributed by atoms with Crippen molar-refractivity contribution in [2.24, 2.45) is 11.8 Å². The predicted molar refractivity (Wildman–Crippen MR) is 214 cm³/mol. The van der Waals surface area contributed by atoms with Crippen molar-refractivity contribution in [3.8, 4) is 0 Å². The van der Waals surface area contributed by atoms with E-state index >= 15 is 0 Å². The molecule has 0 radical (unpaired) electrons. The van der Waals surface area contributed by atoms with E-state index in [-0.39, 0.29) is 44.2 Å². The summed E-state index contributed by atoms with van der Waals surface area (Å²) in [6, 6.07) is 0. The average molecular weight is 804 g/mol. The molecule has 1 saturated carbocycles. The Morgan fingerprint density at radius 2 is 1.36 bits per heavy atom. The first-order chi connectivity index (χ1) is 26.2. The van der Waals surface area contributed by atoms with Gasteiger partial charge in [-0.15, -0.1) is 0 Å². The van der Waals surface area contributed by atoms with E-state index in [1.165, 1.54) is 44.9 Å². The zero-order chi connectivity index (χ0) is 41.0. The molecule has 1 aliphatic carbocycles. The zero-order valence-electron chi connectivity index (χ0n) is 35.1. The molecule has 0 saturated heterocycles. The number of allylic oxidation sites excluding steroid dienone is 1. The molecule has 6 atom stereocenters. The summed E-state index contributed by atoms with van der Waals surface area (Å²) in [5, 5.41) is 20.8. The summed E-state index contributed by atoms with van der Waals surface area (Å²) < 4.78 is 33.8. The molecule has 0 amide bonds. The first-order valence-electron chi connectivity index (χ1n) is 21.5. The Morgan fingerprint density at radius 1 is 0.818 bits per heavy atom. The molecule has 322 valence electrons. The number of hydrogen-bond acceptors (Lipinski definition) is 11. The molecule has 1 aliphatic rings. The Morgan fingerprint density at radius 3 is 1.96 bits per heavy atom. The van der Waals surface area contributed by atoms with Crippen molar-refractivity contribution in [3.05, 3.63) is 12.2 Å². The first kappa shape index (κ1) is 51.4. The molecule has 1 rings (SSSR count). The lowest BCUT2D eigenvalue weighted by atomic mass is 9.88. The third-order valence-corrected chi connectivity index (χ3v) is 11.2. The van der Waals surface area contributed by atoms with Crippen molar-refractivity contribution in [2.45, 2.75) is 180 Å². The highest BCUT2D eigenvalue weighted by atomic mass is 31.2. The number of aliphatic hydroxyl groups excluding tert-OH is 2. The van der Waals surface area contributed by atoms with Gasteiger partial charge in [0.25, 0.3) is 7.82 Å². The van der Waals surface area contributed by atoms with Crippen LogP contribution in [-0.2, 0) is 37.5 Å². The monoisotopic (exact) mass is 804 g/mol. The van der Waals surface area contributed by atoms with Crippen molar-refractivity contribution >= 4 is 25.5 Å². The van der Waals surface area contributed by atoms with Crippen LogP contribution in [0, 0.1) is 11.8 Å². The van der Waals surface area contributed by atoms with Gasteiger partial charge in [-0.05, 0) is 31.6 Å². The third kappa shape index (κ3) is 27.6. The molecule has 12 nitrogen and oxygen atoms in total. The number of esters is 2. The second kappa shape index (κ2) is 30.4. The van der Waals surface area contributed by atoms with Crippen LogP contribution in [0.1, 0.15) is 162 Å². The number of hydrogen-bond donors (Lipinski definition) is 2. The number of carbonyl (C=O) groups is 3. The van der Waals surface area contributed by atoms with Gasteiger partial charge in [0.2, 0.25) is 0 Å². The highest BCUT2D eigenvalue weighted by Crippen LogP contribution is 2.38. The number of phosphoric acid groups is 1. The fraction of sp³-hybridized carbons (Fsp3) is 0.881. The molecule has 0 spiro atoms. The lowest BCUT2D eigenvalue weighted by molar-refractivity contribution is -0.870. The Kier molecular flexibility index (Phi) is 28.4. The highest BCUT2D eigenvalue weighted by Gasteiger charge is 2.39. The Balaban J connectivity index is 2.51. The van der Waals surface area contributed by atoms with E-state index in [9.17, 15) is 34.1 Å². The van der Waals surface area contributed by atoms with Crippen LogP contribution in [0.5, 0.6) is 0 Å². The minimum Gasteiger partial charge on any atom is -0.756 e. The largest absolute Gasteiger partial charge is 0.756 e. The number of likely N-dealkylation sites (N-methyl/N-ethyl adjacent to an activating group) is 1. The molecule has 13 heteroatoms.